The van der Waals surface area contributed by atoms with Gasteiger partial charge in [-0.05, 0) is 333 Å². The Bertz CT molecular complexity index is 5050. The fourth-order valence-corrected chi connectivity index (χ4v) is 12.0. The van der Waals surface area contributed by atoms with Gasteiger partial charge in [-0.15, -0.1) is 0 Å². The van der Waals surface area contributed by atoms with Gasteiger partial charge in [0, 0.05) is 54.1 Å². The van der Waals surface area contributed by atoms with Gasteiger partial charge in [0.15, 0.2) is 6.54 Å². The number of hydrogen-bond acceptors (Lipinski definition) is 5. The summed E-state index contributed by atoms with van der Waals surface area (Å²) < 4.78 is 2.11. The molecule has 3 aliphatic carbocycles. The number of hydrogen-bond donors (Lipinski definition) is 1. The molecule has 6 aliphatic rings. The highest BCUT2D eigenvalue weighted by molar-refractivity contribution is 5.71. The van der Waals surface area contributed by atoms with Crippen molar-refractivity contribution in [2.24, 2.45) is 15.0 Å². The van der Waals surface area contributed by atoms with Crippen LogP contribution >= 0.6 is 0 Å². The topological polar surface area (TPSA) is 88.7 Å². The van der Waals surface area contributed by atoms with Crippen LogP contribution < -0.4 is 36.3 Å². The maximum absolute atomic E-state index is 11.1. The SMILES string of the molecule is CC.CC.CC.CC.CC.CC1=CC=CC1.CC1=CCC2=C1CC=N2.CC1=[n+]2ccccc2=NC1.CC1=c2cc[nH]c(=O)c2=NC1.CC1=c2ccccc2=CC1.Cc1cc(C)c(C)c(C)c1.Cc1cc(C)c(C)cc1C.Cc1ccc(C)c(C)c1.Cc1ccc(C)c(C)c1.Cc1cccc(C)c1C.Cc1ccccc1C.Cc1cccnc1C. The maximum atomic E-state index is 11.1. The van der Waals surface area contributed by atoms with Crippen molar-refractivity contribution in [3.05, 3.63) is 389 Å². The first-order valence-corrected chi connectivity index (χ1v) is 43.6. The number of nitrogens with zero attached hydrogens (tertiary/aromatic N) is 5. The average molecular weight is 1600 g/mol. The lowest BCUT2D eigenvalue weighted by molar-refractivity contribution is -0.534. The van der Waals surface area contributed by atoms with E-state index in [9.17, 15) is 4.79 Å². The molecule has 0 atom stereocenters. The predicted molar refractivity (Wildman–Crippen MR) is 528 cm³/mol. The van der Waals surface area contributed by atoms with E-state index in [1.165, 1.54) is 167 Å². The normalized spacial score (nSPS) is 11.8. The van der Waals surface area contributed by atoms with Gasteiger partial charge in [-0.2, -0.15) is 0 Å². The van der Waals surface area contributed by atoms with E-state index in [0.717, 1.165) is 42.2 Å². The number of allylic oxidation sites excluding steroid dienone is 7. The van der Waals surface area contributed by atoms with Gasteiger partial charge in [-0.25, -0.2) is 4.24 Å². The minimum atomic E-state index is -0.0839. The first-order valence-electron chi connectivity index (χ1n) is 43.6. The molecule has 3 aliphatic heterocycles. The summed E-state index contributed by atoms with van der Waals surface area (Å²) in [5.41, 5.74) is 39.3. The summed E-state index contributed by atoms with van der Waals surface area (Å²) in [7, 11) is 0. The number of pyridine rings is 3. The van der Waals surface area contributed by atoms with Gasteiger partial charge < -0.3 is 4.98 Å². The Morgan fingerprint density at radius 3 is 1.26 bits per heavy atom. The number of H-pyrrole nitrogens is 1. The Balaban J connectivity index is 0.00000127. The molecule has 0 unspecified atom stereocenters. The summed E-state index contributed by atoms with van der Waals surface area (Å²) in [5, 5.41) is 4.42. The van der Waals surface area contributed by atoms with Crippen LogP contribution in [-0.2, 0) is 0 Å². The zero-order valence-corrected chi connectivity index (χ0v) is 81.2. The highest BCUT2D eigenvalue weighted by Gasteiger charge is 2.16. The Kier molecular flexibility index (Phi) is 55.5. The maximum Gasteiger partial charge on any atom is 0.322 e. The molecule has 10 aromatic rings. The van der Waals surface area contributed by atoms with Crippen LogP contribution in [0.4, 0.5) is 0 Å². The molecule has 7 heteroatoms. The number of aliphatic imine (C=N–C) groups is 1. The molecule has 0 spiro atoms. The van der Waals surface area contributed by atoms with Crippen LogP contribution in [0.1, 0.15) is 247 Å². The van der Waals surface area contributed by atoms with E-state index in [1.54, 1.807) is 6.20 Å². The monoisotopic (exact) mass is 1600 g/mol. The third-order valence-electron chi connectivity index (χ3n) is 20.6. The van der Waals surface area contributed by atoms with Gasteiger partial charge >= 0.3 is 5.49 Å². The predicted octanol–water partition coefficient (Wildman–Crippen LogP) is 27.0. The standard InChI is InChI=1S/C10H10.2C10H14.3C9H12.C8H8N2O.C8H9N2.C8H9N.C8H10.C7H9N.C6H8.5C2H6/c1-8-6-7-9-4-2-3-5-10(8)9;1-7-5-9(3)10(4)6-8(7)2;1-7-5-8(2)10(4)9(3)6-7;2*1-7-4-5-8(2)9(3)6-7;1-7-5-4-6-8(2)9(7)3;1-5-4-10-7-6(5)2-3-9-8(7)11;1-7-6-9-8-4-2-3-5-10(7)8;1-6-2-3-8-7(6)4-5-9-8;1-7-5-3-4-6-8(7)2;1-6-4-3-5-8-7(6)2;1-6-4-2-3-5-6;5*1-2/h2-5,7H,6H2,1H3;2*5-6H,1-4H3;3*4-6H,1-3H3;2-3H,4H2,1H3,(H,9,11);2-5H,6H2,1H3;2,5H,3-4H2,1H3;3-6H,1-2H3;3-5H,1-2H3;2-4H,5H2,1H3;5*1-2H3/q;;;;;;;+1;;;;;;;;;. The molecule has 7 aromatic carbocycles. The third kappa shape index (κ3) is 40.2. The van der Waals surface area contributed by atoms with E-state index < -0.39 is 0 Å². The molecular weight excluding hydrogens is 1450 g/mol. The van der Waals surface area contributed by atoms with E-state index in [0.29, 0.717) is 11.9 Å². The van der Waals surface area contributed by atoms with Gasteiger partial charge in [-0.3, -0.25) is 19.8 Å². The lowest BCUT2D eigenvalue weighted by atomic mass is 10.0. The average Bonchev–Trinajstić information content (AvgIpc) is 1.70. The Labute approximate surface area is 724 Å². The molecule has 0 saturated carbocycles. The summed E-state index contributed by atoms with van der Waals surface area (Å²) in [6.07, 6.45) is 22.9. The fourth-order valence-electron chi connectivity index (χ4n) is 12.0. The smallest absolute Gasteiger partial charge is 0.322 e. The number of benzene rings is 7. The molecule has 6 heterocycles. The molecule has 16 rings (SSSR count). The summed E-state index contributed by atoms with van der Waals surface area (Å²) in [4.78, 5) is 30.4. The summed E-state index contributed by atoms with van der Waals surface area (Å²) >= 11 is 0. The molecule has 0 fully saturated rings. The fraction of sp³-hybridized carbons (Fsp3) is 0.375. The largest absolute Gasteiger partial charge is 0.327 e. The van der Waals surface area contributed by atoms with E-state index in [1.807, 2.05) is 132 Å². The van der Waals surface area contributed by atoms with Crippen molar-refractivity contribution in [3.63, 3.8) is 0 Å². The summed E-state index contributed by atoms with van der Waals surface area (Å²) in [6.45, 7) is 76.9. The van der Waals surface area contributed by atoms with E-state index in [4.69, 9.17) is 0 Å². The minimum absolute atomic E-state index is 0.0839. The number of aromatic nitrogens is 3. The molecule has 7 nitrogen and oxygen atoms in total. The van der Waals surface area contributed by atoms with Gasteiger partial charge in [-0.1, -0.05) is 272 Å². The van der Waals surface area contributed by atoms with Crippen LogP contribution in [0.25, 0.3) is 17.2 Å². The van der Waals surface area contributed by atoms with Gasteiger partial charge in [0.1, 0.15) is 11.1 Å². The van der Waals surface area contributed by atoms with Crippen LogP contribution in [0.2, 0.25) is 0 Å². The van der Waals surface area contributed by atoms with Crippen molar-refractivity contribution >= 4 is 23.4 Å². The highest BCUT2D eigenvalue weighted by atomic mass is 16.1. The van der Waals surface area contributed by atoms with Crippen LogP contribution in [0, 0.1) is 151 Å². The molecule has 1 N–H and O–H groups in total. The number of nitrogens with one attached hydrogen (secondary N) is 1. The quantitative estimate of drug-likeness (QED) is 0.153. The molecular formula is C112H157N6O+. The molecule has 119 heavy (non-hydrogen) atoms. The van der Waals surface area contributed by atoms with Crippen molar-refractivity contribution in [1.29, 1.82) is 0 Å². The van der Waals surface area contributed by atoms with Crippen molar-refractivity contribution in [3.8, 4) is 0 Å². The number of rotatable bonds is 0. The minimum Gasteiger partial charge on any atom is -0.327 e. The third-order valence-corrected chi connectivity index (χ3v) is 20.6. The van der Waals surface area contributed by atoms with Crippen molar-refractivity contribution in [1.82, 2.24) is 9.97 Å². The van der Waals surface area contributed by atoms with Crippen LogP contribution in [0.15, 0.2) is 249 Å². The first kappa shape index (κ1) is 108. The van der Waals surface area contributed by atoms with E-state index in [-0.39, 0.29) is 5.56 Å². The lowest BCUT2D eigenvalue weighted by Gasteiger charge is -2.04. The second kappa shape index (κ2) is 60.9. The van der Waals surface area contributed by atoms with E-state index >= 15 is 0 Å². The van der Waals surface area contributed by atoms with Crippen molar-refractivity contribution in [2.45, 2.75) is 275 Å². The van der Waals surface area contributed by atoms with Crippen LogP contribution in [-0.4, -0.2) is 29.3 Å². The van der Waals surface area contributed by atoms with Crippen LogP contribution in [0.3, 0.4) is 0 Å². The molecule has 0 amide bonds. The van der Waals surface area contributed by atoms with Crippen molar-refractivity contribution in [2.75, 3.05) is 13.1 Å². The molecule has 0 bridgehead atoms. The van der Waals surface area contributed by atoms with Gasteiger partial charge in [0.25, 0.3) is 5.56 Å². The van der Waals surface area contributed by atoms with E-state index in [2.05, 4.69) is 359 Å². The summed E-state index contributed by atoms with van der Waals surface area (Å²) in [5.74, 6) is 0. The Morgan fingerprint density at radius 1 is 0.370 bits per heavy atom. The van der Waals surface area contributed by atoms with Gasteiger partial charge in [0.05, 0.1) is 12.7 Å². The summed E-state index contributed by atoms with van der Waals surface area (Å²) in [6, 6.07) is 57.2. The first-order chi connectivity index (χ1) is 56.8. The number of aromatic amines is 1. The van der Waals surface area contributed by atoms with Gasteiger partial charge in [0.2, 0.25) is 0 Å². The Hall–Kier alpha value is -10.5. The number of fused-ring (bicyclic) bond motifs is 3. The molecule has 0 saturated heterocycles. The zero-order chi connectivity index (χ0) is 90.4. The van der Waals surface area contributed by atoms with Crippen molar-refractivity contribution < 1.29 is 4.24 Å². The second-order valence-electron chi connectivity index (χ2n) is 29.8. The van der Waals surface area contributed by atoms with Crippen LogP contribution in [0.5, 0.6) is 0 Å². The molecule has 3 aromatic heterocycles. The molecule has 0 radical (unpaired) electrons. The second-order valence-corrected chi connectivity index (χ2v) is 29.8. The Morgan fingerprint density at radius 2 is 0.840 bits per heavy atom. The molecule has 640 valence electrons. The lowest BCUT2D eigenvalue weighted by Crippen LogP contribution is -2.38. The highest BCUT2D eigenvalue weighted by Crippen LogP contribution is 2.32. The number of aryl methyl sites for hydroxylation is 19. The zero-order valence-electron chi connectivity index (χ0n) is 81.2.